The number of hydrogen-bond acceptors (Lipinski definition) is 5. The summed E-state index contributed by atoms with van der Waals surface area (Å²) in [6, 6.07) is 10.7. The Kier molecular flexibility index (Phi) is 16.0. The van der Waals surface area contributed by atoms with Crippen molar-refractivity contribution < 1.29 is 19.1 Å². The van der Waals surface area contributed by atoms with Gasteiger partial charge in [0.1, 0.15) is 5.82 Å². The molecule has 10 heteroatoms. The van der Waals surface area contributed by atoms with E-state index in [0.29, 0.717) is 47.7 Å². The first kappa shape index (κ1) is 37.8. The summed E-state index contributed by atoms with van der Waals surface area (Å²) in [6.07, 6.45) is 1.35. The Morgan fingerprint density at radius 1 is 0.976 bits per heavy atom. The van der Waals surface area contributed by atoms with Crippen molar-refractivity contribution in [1.29, 1.82) is 0 Å². The molecule has 0 bridgehead atoms. The summed E-state index contributed by atoms with van der Waals surface area (Å²) in [5, 5.41) is 18.8. The molecule has 2 aliphatic rings. The zero-order valence-electron chi connectivity index (χ0n) is 26.2. The largest absolute Gasteiger partial charge is 0.389 e. The van der Waals surface area contributed by atoms with E-state index in [1.165, 1.54) is 0 Å². The number of nitrogens with zero attached hydrogens (tertiary/aromatic N) is 1. The maximum Gasteiger partial charge on any atom is 0.211 e. The predicted octanol–water partition coefficient (Wildman–Crippen LogP) is 6.44. The maximum absolute atomic E-state index is 14.4. The molecule has 7 nitrogen and oxygen atoms in total. The zero-order chi connectivity index (χ0) is 32.1. The number of likely N-dealkylation sites (tertiary alicyclic amines) is 1. The van der Waals surface area contributed by atoms with E-state index in [1.807, 2.05) is 19.9 Å². The van der Waals surface area contributed by atoms with Crippen molar-refractivity contribution in [2.45, 2.75) is 78.9 Å². The number of aliphatic hydroxyl groups is 1. The van der Waals surface area contributed by atoms with Gasteiger partial charge in [-0.05, 0) is 48.6 Å². The van der Waals surface area contributed by atoms with Crippen molar-refractivity contribution in [1.82, 2.24) is 15.5 Å². The average molecular weight is 628 g/mol. The highest BCUT2D eigenvalue weighted by Crippen LogP contribution is 2.41. The van der Waals surface area contributed by atoms with Gasteiger partial charge < -0.3 is 21.1 Å². The summed E-state index contributed by atoms with van der Waals surface area (Å²) >= 11 is 11.9. The van der Waals surface area contributed by atoms with E-state index < -0.39 is 5.60 Å². The van der Waals surface area contributed by atoms with Crippen LogP contribution in [-0.2, 0) is 9.59 Å². The number of anilines is 1. The minimum Gasteiger partial charge on any atom is -0.389 e. The molecule has 2 amide bonds. The van der Waals surface area contributed by atoms with E-state index in [4.69, 9.17) is 23.2 Å². The van der Waals surface area contributed by atoms with Crippen molar-refractivity contribution in [3.05, 3.63) is 63.4 Å². The molecule has 4 rings (SSSR count). The first-order valence-electron chi connectivity index (χ1n) is 14.4. The summed E-state index contributed by atoms with van der Waals surface area (Å²) in [5.41, 5.74) is 2.02. The van der Waals surface area contributed by atoms with Gasteiger partial charge in [0.2, 0.25) is 12.8 Å². The monoisotopic (exact) mass is 626 g/mol. The van der Waals surface area contributed by atoms with Gasteiger partial charge in [-0.15, -0.1) is 0 Å². The lowest BCUT2D eigenvalue weighted by atomic mass is 9.83. The van der Waals surface area contributed by atoms with E-state index in [1.54, 1.807) is 44.2 Å². The van der Waals surface area contributed by atoms with Gasteiger partial charge in [0.15, 0.2) is 0 Å². The predicted molar refractivity (Wildman–Crippen MR) is 173 cm³/mol. The standard InChI is InChI=1S/C17H15Cl2FN2O.C8H16N2O2.C5H12.C2H6/c18-10-4-5-11(16(6-10)22-9-23)13-7-21-8-14(13)12-2-1-3-15(19)17(12)20;1-8(2,12)5-10-3-7(4-10)9-6-11;1-5(2,3)4;1-2/h1-6,9,13-14,21H,7-8H2,(H,22,23);6-7,12H,3-5H2,1-2H3,(H,9,11);1-4H3;1-2H3. The minimum atomic E-state index is -0.633. The fraction of sp³-hybridized carbons (Fsp3) is 0.562. The van der Waals surface area contributed by atoms with Crippen molar-refractivity contribution in [2.75, 3.05) is 38.0 Å². The quantitative estimate of drug-likeness (QED) is 0.253. The van der Waals surface area contributed by atoms with Crippen molar-refractivity contribution in [3.8, 4) is 0 Å². The number of nitrogens with one attached hydrogen (secondary N) is 3. The van der Waals surface area contributed by atoms with Crippen LogP contribution in [0, 0.1) is 11.2 Å². The second-order valence-corrected chi connectivity index (χ2v) is 13.3. The lowest BCUT2D eigenvalue weighted by Crippen LogP contribution is -2.60. The van der Waals surface area contributed by atoms with Gasteiger partial charge in [-0.1, -0.05) is 82.9 Å². The lowest BCUT2D eigenvalue weighted by Gasteiger charge is -2.41. The molecule has 0 spiro atoms. The van der Waals surface area contributed by atoms with E-state index in [2.05, 4.69) is 48.5 Å². The van der Waals surface area contributed by atoms with Crippen molar-refractivity contribution >= 4 is 41.7 Å². The van der Waals surface area contributed by atoms with Gasteiger partial charge in [-0.2, -0.15) is 0 Å². The van der Waals surface area contributed by atoms with Crippen LogP contribution in [0.1, 0.15) is 78.4 Å². The zero-order valence-corrected chi connectivity index (χ0v) is 27.7. The highest BCUT2D eigenvalue weighted by Gasteiger charge is 2.33. The smallest absolute Gasteiger partial charge is 0.211 e. The third-order valence-corrected chi connectivity index (χ3v) is 6.62. The fourth-order valence-electron chi connectivity index (χ4n) is 4.63. The van der Waals surface area contributed by atoms with E-state index in [-0.39, 0.29) is 28.7 Å². The molecule has 236 valence electrons. The molecule has 2 atom stereocenters. The van der Waals surface area contributed by atoms with E-state index in [0.717, 1.165) is 25.1 Å². The number of amides is 2. The second-order valence-electron chi connectivity index (χ2n) is 12.5. The van der Waals surface area contributed by atoms with Crippen LogP contribution in [-0.4, -0.2) is 67.2 Å². The van der Waals surface area contributed by atoms with Crippen molar-refractivity contribution in [3.63, 3.8) is 0 Å². The van der Waals surface area contributed by atoms with Crippen LogP contribution < -0.4 is 16.0 Å². The number of hydrogen-bond donors (Lipinski definition) is 4. The summed E-state index contributed by atoms with van der Waals surface area (Å²) < 4.78 is 14.4. The molecule has 0 aliphatic carbocycles. The van der Waals surface area contributed by atoms with Gasteiger partial charge in [-0.25, -0.2) is 4.39 Å². The molecule has 2 unspecified atom stereocenters. The van der Waals surface area contributed by atoms with Gasteiger partial charge in [-0.3, -0.25) is 14.5 Å². The third-order valence-electron chi connectivity index (χ3n) is 6.10. The van der Waals surface area contributed by atoms with Crippen LogP contribution in [0.4, 0.5) is 10.1 Å². The molecule has 4 N–H and O–H groups in total. The van der Waals surface area contributed by atoms with Gasteiger partial charge in [0.05, 0.1) is 16.7 Å². The Morgan fingerprint density at radius 3 is 2.07 bits per heavy atom. The molecular weight excluding hydrogens is 578 g/mol. The number of β-amino-alcohol motifs (C(OH)–C–C–N with tert-alkyl or cyclic N) is 1. The molecular formula is C32H49Cl2FN4O3. The summed E-state index contributed by atoms with van der Waals surface area (Å²) in [4.78, 5) is 23.0. The summed E-state index contributed by atoms with van der Waals surface area (Å²) in [6.45, 7) is 20.0. The first-order chi connectivity index (χ1) is 19.6. The van der Waals surface area contributed by atoms with Crippen LogP contribution in [0.5, 0.6) is 0 Å². The Hall–Kier alpha value is -2.23. The highest BCUT2D eigenvalue weighted by atomic mass is 35.5. The topological polar surface area (TPSA) is 93.7 Å². The number of rotatable bonds is 8. The summed E-state index contributed by atoms with van der Waals surface area (Å²) in [5.74, 6) is -0.434. The molecule has 2 saturated heterocycles. The fourth-order valence-corrected chi connectivity index (χ4v) is 4.98. The normalized spacial score (nSPS) is 18.6. The minimum absolute atomic E-state index is 0.0164. The highest BCUT2D eigenvalue weighted by molar-refractivity contribution is 6.31. The number of carbonyl (C=O) groups excluding carboxylic acids is 2. The molecule has 0 saturated carbocycles. The first-order valence-corrected chi connectivity index (χ1v) is 15.2. The molecule has 0 radical (unpaired) electrons. The van der Waals surface area contributed by atoms with Gasteiger partial charge >= 0.3 is 0 Å². The second kappa shape index (κ2) is 17.8. The Labute approximate surface area is 261 Å². The number of halogens is 3. The number of carbonyl (C=O) groups is 2. The lowest BCUT2D eigenvalue weighted by molar-refractivity contribution is -0.111. The summed E-state index contributed by atoms with van der Waals surface area (Å²) in [7, 11) is 0. The average Bonchev–Trinajstić information content (AvgIpc) is 3.34. The van der Waals surface area contributed by atoms with Crippen LogP contribution >= 0.6 is 23.2 Å². The molecule has 42 heavy (non-hydrogen) atoms. The molecule has 0 aromatic heterocycles. The molecule has 2 fully saturated rings. The molecule has 2 aromatic carbocycles. The van der Waals surface area contributed by atoms with Crippen LogP contribution in [0.3, 0.4) is 0 Å². The molecule has 2 aliphatic heterocycles. The van der Waals surface area contributed by atoms with Crippen LogP contribution in [0.2, 0.25) is 10.0 Å². The SMILES string of the molecule is CC.CC(C)(C)C.CC(C)(O)CN1CC(NC=O)C1.O=CNc1cc(Cl)ccc1C1CNCC1c1cccc(Cl)c1F. The van der Waals surface area contributed by atoms with E-state index >= 15 is 0 Å². The Morgan fingerprint density at radius 2 is 1.55 bits per heavy atom. The Bertz CT molecular complexity index is 1110. The number of benzene rings is 2. The Balaban J connectivity index is 0.000000388. The molecule has 2 heterocycles. The van der Waals surface area contributed by atoms with E-state index in [9.17, 15) is 19.1 Å². The van der Waals surface area contributed by atoms with Crippen molar-refractivity contribution in [2.24, 2.45) is 5.41 Å². The van der Waals surface area contributed by atoms with Gasteiger partial charge in [0.25, 0.3) is 0 Å². The van der Waals surface area contributed by atoms with Crippen LogP contribution in [0.15, 0.2) is 36.4 Å². The third kappa shape index (κ3) is 13.4. The molecule has 2 aromatic rings. The van der Waals surface area contributed by atoms with Gasteiger partial charge in [0, 0.05) is 55.3 Å². The maximum atomic E-state index is 14.4. The van der Waals surface area contributed by atoms with Crippen LogP contribution in [0.25, 0.3) is 0 Å².